The van der Waals surface area contributed by atoms with E-state index in [2.05, 4.69) is 37.9 Å². The van der Waals surface area contributed by atoms with E-state index in [4.69, 9.17) is 4.74 Å². The third-order valence-electron chi connectivity index (χ3n) is 3.99. The van der Waals surface area contributed by atoms with Crippen molar-refractivity contribution in [2.45, 2.75) is 71.8 Å². The van der Waals surface area contributed by atoms with Crippen LogP contribution >= 0.6 is 0 Å². The first-order chi connectivity index (χ1) is 9.85. The molecule has 2 N–H and O–H groups in total. The number of hydrogen-bond acceptors (Lipinski definition) is 4. The van der Waals surface area contributed by atoms with E-state index in [1.165, 1.54) is 0 Å². The lowest BCUT2D eigenvalue weighted by Gasteiger charge is -2.41. The van der Waals surface area contributed by atoms with Gasteiger partial charge in [0.1, 0.15) is 0 Å². The molecular weight excluding hydrogens is 268 g/mol. The average Bonchev–Trinajstić information content (AvgIpc) is 2.36. The Labute approximate surface area is 129 Å². The maximum absolute atomic E-state index is 12.5. The monoisotopic (exact) mass is 300 g/mol. The Morgan fingerprint density at radius 3 is 2.38 bits per heavy atom. The highest BCUT2D eigenvalue weighted by Crippen LogP contribution is 2.18. The minimum Gasteiger partial charge on any atom is -0.393 e. The second-order valence-corrected chi connectivity index (χ2v) is 6.54. The molecule has 1 fully saturated rings. The van der Waals surface area contributed by atoms with E-state index in [0.717, 1.165) is 19.5 Å². The fraction of sp³-hybridized carbons (Fsp3) is 0.938. The number of rotatable bonds is 7. The van der Waals surface area contributed by atoms with Crippen molar-refractivity contribution in [3.8, 4) is 0 Å². The SMILES string of the molecule is CCC(O)CCNC(=O)C(C(C)C)N1CC(C)OC(C)C1. The summed E-state index contributed by atoms with van der Waals surface area (Å²) in [5.41, 5.74) is 0. The molecule has 0 aromatic rings. The van der Waals surface area contributed by atoms with E-state index < -0.39 is 0 Å². The number of morpholine rings is 1. The standard InChI is InChI=1S/C16H32N2O3/c1-6-14(19)7-8-17-16(20)15(11(2)3)18-9-12(4)21-13(5)10-18/h11-15,19H,6-10H2,1-5H3,(H,17,20). The molecule has 0 bridgehead atoms. The molecule has 4 unspecified atom stereocenters. The largest absolute Gasteiger partial charge is 0.393 e. The normalized spacial score (nSPS) is 26.6. The van der Waals surface area contributed by atoms with Crippen molar-refractivity contribution in [3.05, 3.63) is 0 Å². The van der Waals surface area contributed by atoms with Gasteiger partial charge in [0.05, 0.1) is 24.4 Å². The molecule has 0 aliphatic carbocycles. The molecule has 4 atom stereocenters. The zero-order chi connectivity index (χ0) is 16.0. The maximum atomic E-state index is 12.5. The first-order valence-corrected chi connectivity index (χ1v) is 8.20. The third kappa shape index (κ3) is 5.93. The molecular formula is C16H32N2O3. The molecule has 0 aromatic heterocycles. The van der Waals surface area contributed by atoms with E-state index >= 15 is 0 Å². The van der Waals surface area contributed by atoms with E-state index in [1.54, 1.807) is 0 Å². The van der Waals surface area contributed by atoms with Crippen molar-refractivity contribution in [1.82, 2.24) is 10.2 Å². The minimum atomic E-state index is -0.328. The average molecular weight is 300 g/mol. The van der Waals surface area contributed by atoms with Gasteiger partial charge in [0.15, 0.2) is 0 Å². The number of nitrogens with one attached hydrogen (secondary N) is 1. The molecule has 5 heteroatoms. The van der Waals surface area contributed by atoms with Crippen LogP contribution in [0.25, 0.3) is 0 Å². The van der Waals surface area contributed by atoms with Crippen LogP contribution in [0.15, 0.2) is 0 Å². The van der Waals surface area contributed by atoms with E-state index in [-0.39, 0.29) is 36.2 Å². The van der Waals surface area contributed by atoms with Crippen LogP contribution in [-0.4, -0.2) is 59.9 Å². The summed E-state index contributed by atoms with van der Waals surface area (Å²) in [4.78, 5) is 14.7. The van der Waals surface area contributed by atoms with E-state index in [9.17, 15) is 9.90 Å². The Morgan fingerprint density at radius 2 is 1.90 bits per heavy atom. The molecule has 1 heterocycles. The smallest absolute Gasteiger partial charge is 0.237 e. The molecule has 1 aliphatic rings. The zero-order valence-corrected chi connectivity index (χ0v) is 14.1. The summed E-state index contributed by atoms with van der Waals surface area (Å²) in [5.74, 6) is 0.313. The Kier molecular flexibility index (Phi) is 7.63. The van der Waals surface area contributed by atoms with Gasteiger partial charge < -0.3 is 15.2 Å². The van der Waals surface area contributed by atoms with Gasteiger partial charge in [-0.3, -0.25) is 9.69 Å². The van der Waals surface area contributed by atoms with Gasteiger partial charge >= 0.3 is 0 Å². The van der Waals surface area contributed by atoms with Crippen molar-refractivity contribution in [2.75, 3.05) is 19.6 Å². The van der Waals surface area contributed by atoms with Crippen LogP contribution < -0.4 is 5.32 Å². The molecule has 0 aromatic carbocycles. The number of aliphatic hydroxyl groups is 1. The number of amides is 1. The fourth-order valence-electron chi connectivity index (χ4n) is 3.01. The molecule has 1 rings (SSSR count). The predicted octanol–water partition coefficient (Wildman–Crippen LogP) is 1.40. The van der Waals surface area contributed by atoms with Gasteiger partial charge in [-0.1, -0.05) is 20.8 Å². The van der Waals surface area contributed by atoms with Crippen molar-refractivity contribution in [2.24, 2.45) is 5.92 Å². The lowest BCUT2D eigenvalue weighted by molar-refractivity contribution is -0.135. The van der Waals surface area contributed by atoms with Crippen molar-refractivity contribution in [1.29, 1.82) is 0 Å². The fourth-order valence-corrected chi connectivity index (χ4v) is 3.01. The van der Waals surface area contributed by atoms with Crippen LogP contribution in [0.1, 0.15) is 47.5 Å². The van der Waals surface area contributed by atoms with Gasteiger partial charge in [0.25, 0.3) is 0 Å². The van der Waals surface area contributed by atoms with Crippen LogP contribution in [0.5, 0.6) is 0 Å². The van der Waals surface area contributed by atoms with Crippen LogP contribution in [0.3, 0.4) is 0 Å². The maximum Gasteiger partial charge on any atom is 0.237 e. The predicted molar refractivity (Wildman–Crippen MR) is 84.1 cm³/mol. The van der Waals surface area contributed by atoms with Crippen molar-refractivity contribution in [3.63, 3.8) is 0 Å². The second-order valence-electron chi connectivity index (χ2n) is 6.54. The molecule has 1 saturated heterocycles. The summed E-state index contributed by atoms with van der Waals surface area (Å²) in [7, 11) is 0. The van der Waals surface area contributed by atoms with E-state index in [1.807, 2.05) is 6.92 Å². The number of nitrogens with zero attached hydrogens (tertiary/aromatic N) is 1. The number of hydrogen-bond donors (Lipinski definition) is 2. The quantitative estimate of drug-likeness (QED) is 0.746. The van der Waals surface area contributed by atoms with Crippen LogP contribution in [-0.2, 0) is 9.53 Å². The van der Waals surface area contributed by atoms with Crippen molar-refractivity contribution < 1.29 is 14.6 Å². The highest BCUT2D eigenvalue weighted by molar-refractivity contribution is 5.82. The topological polar surface area (TPSA) is 61.8 Å². The van der Waals surface area contributed by atoms with Gasteiger partial charge in [0, 0.05) is 19.6 Å². The Balaban J connectivity index is 2.57. The molecule has 21 heavy (non-hydrogen) atoms. The number of aliphatic hydroxyl groups excluding tert-OH is 1. The Hall–Kier alpha value is -0.650. The van der Waals surface area contributed by atoms with Crippen LogP contribution in [0, 0.1) is 5.92 Å². The summed E-state index contributed by atoms with van der Waals surface area (Å²) < 4.78 is 5.75. The van der Waals surface area contributed by atoms with Crippen LogP contribution in [0.2, 0.25) is 0 Å². The highest BCUT2D eigenvalue weighted by atomic mass is 16.5. The molecule has 0 spiro atoms. The summed E-state index contributed by atoms with van der Waals surface area (Å²) >= 11 is 0. The Morgan fingerprint density at radius 1 is 1.33 bits per heavy atom. The summed E-state index contributed by atoms with van der Waals surface area (Å²) in [6, 6.07) is -0.127. The molecule has 0 radical (unpaired) electrons. The van der Waals surface area contributed by atoms with Gasteiger partial charge in [0.2, 0.25) is 5.91 Å². The van der Waals surface area contributed by atoms with Gasteiger partial charge in [-0.05, 0) is 32.6 Å². The zero-order valence-electron chi connectivity index (χ0n) is 14.1. The number of ether oxygens (including phenoxy) is 1. The summed E-state index contributed by atoms with van der Waals surface area (Å²) in [5, 5.41) is 12.5. The molecule has 1 amide bonds. The number of carbonyl (C=O) groups excluding carboxylic acids is 1. The molecule has 124 valence electrons. The summed E-state index contributed by atoms with van der Waals surface area (Å²) in [6.45, 7) is 12.3. The van der Waals surface area contributed by atoms with E-state index in [0.29, 0.717) is 13.0 Å². The highest BCUT2D eigenvalue weighted by Gasteiger charge is 2.33. The first kappa shape index (κ1) is 18.4. The van der Waals surface area contributed by atoms with Crippen LogP contribution in [0.4, 0.5) is 0 Å². The van der Waals surface area contributed by atoms with Gasteiger partial charge in [-0.2, -0.15) is 0 Å². The Bertz CT molecular complexity index is 313. The summed E-state index contributed by atoms with van der Waals surface area (Å²) in [6.07, 6.45) is 1.32. The minimum absolute atomic E-state index is 0.0644. The van der Waals surface area contributed by atoms with Gasteiger partial charge in [-0.25, -0.2) is 0 Å². The molecule has 1 aliphatic heterocycles. The van der Waals surface area contributed by atoms with Gasteiger partial charge in [-0.15, -0.1) is 0 Å². The first-order valence-electron chi connectivity index (χ1n) is 8.20. The molecule has 0 saturated carbocycles. The molecule has 5 nitrogen and oxygen atoms in total. The number of carbonyl (C=O) groups is 1. The second kappa shape index (κ2) is 8.71. The van der Waals surface area contributed by atoms with Crippen molar-refractivity contribution >= 4 is 5.91 Å². The lowest BCUT2D eigenvalue weighted by atomic mass is 9.99. The third-order valence-corrected chi connectivity index (χ3v) is 3.99. The lowest BCUT2D eigenvalue weighted by Crippen LogP contribution is -2.57.